The van der Waals surface area contributed by atoms with Crippen molar-refractivity contribution in [3.05, 3.63) is 48.6 Å². The minimum Gasteiger partial charge on any atom is -0.480 e. The van der Waals surface area contributed by atoms with Crippen molar-refractivity contribution in [2.75, 3.05) is 19.8 Å². The summed E-state index contributed by atoms with van der Waals surface area (Å²) in [6, 6.07) is 8.71. The number of benzene rings is 1. The van der Waals surface area contributed by atoms with E-state index in [2.05, 4.69) is 6.58 Å². The van der Waals surface area contributed by atoms with Crippen molar-refractivity contribution in [2.45, 2.75) is 18.4 Å². The van der Waals surface area contributed by atoms with Crippen molar-refractivity contribution < 1.29 is 19.4 Å². The number of aliphatic carboxylic acids is 1. The maximum absolute atomic E-state index is 12.4. The Hall–Kier alpha value is -2.14. The van der Waals surface area contributed by atoms with Gasteiger partial charge in [0.15, 0.2) is 6.04 Å². The van der Waals surface area contributed by atoms with Crippen molar-refractivity contribution in [1.82, 2.24) is 4.90 Å². The van der Waals surface area contributed by atoms with Crippen molar-refractivity contribution in [3.63, 3.8) is 0 Å². The summed E-state index contributed by atoms with van der Waals surface area (Å²) in [5.41, 5.74) is 1.00. The third-order valence-electron chi connectivity index (χ3n) is 3.64. The number of carboxylic acids is 1. The molecule has 2 rings (SSSR count). The minimum absolute atomic E-state index is 0.0468. The lowest BCUT2D eigenvalue weighted by Gasteiger charge is -2.33. The molecule has 21 heavy (non-hydrogen) atoms. The molecular formula is C16H19NO4. The standard InChI is InChI=1S/C16H19NO4/c1-2-12(13-6-4-3-5-7-13)10-15(18)17-8-9-21-11-14(17)16(19)20/h2-7,12,14H,1,8-11H2,(H,19,20). The maximum atomic E-state index is 12.4. The van der Waals surface area contributed by atoms with E-state index in [4.69, 9.17) is 4.74 Å². The van der Waals surface area contributed by atoms with Crippen LogP contribution in [0.2, 0.25) is 0 Å². The number of rotatable bonds is 5. The Morgan fingerprint density at radius 2 is 2.14 bits per heavy atom. The van der Waals surface area contributed by atoms with Crippen LogP contribution < -0.4 is 0 Å². The quantitative estimate of drug-likeness (QED) is 0.837. The molecule has 0 bridgehead atoms. The van der Waals surface area contributed by atoms with Crippen LogP contribution >= 0.6 is 0 Å². The first kappa shape index (κ1) is 15.3. The number of allylic oxidation sites excluding steroid dienone is 1. The molecule has 1 saturated heterocycles. The molecule has 2 atom stereocenters. The van der Waals surface area contributed by atoms with Gasteiger partial charge in [0.2, 0.25) is 5.91 Å². The van der Waals surface area contributed by atoms with Crippen LogP contribution in [-0.2, 0) is 14.3 Å². The van der Waals surface area contributed by atoms with Gasteiger partial charge >= 0.3 is 5.97 Å². The zero-order chi connectivity index (χ0) is 15.2. The molecule has 0 saturated carbocycles. The average molecular weight is 289 g/mol. The smallest absolute Gasteiger partial charge is 0.328 e. The van der Waals surface area contributed by atoms with Crippen LogP contribution in [0.5, 0.6) is 0 Å². The molecule has 1 fully saturated rings. The van der Waals surface area contributed by atoms with Crippen LogP contribution in [0.15, 0.2) is 43.0 Å². The van der Waals surface area contributed by atoms with Gasteiger partial charge in [0.25, 0.3) is 0 Å². The summed E-state index contributed by atoms with van der Waals surface area (Å²) in [6.07, 6.45) is 1.95. The summed E-state index contributed by atoms with van der Waals surface area (Å²) in [7, 11) is 0. The second kappa shape index (κ2) is 7.04. The van der Waals surface area contributed by atoms with Gasteiger partial charge in [-0.05, 0) is 5.56 Å². The van der Waals surface area contributed by atoms with Gasteiger partial charge in [-0.15, -0.1) is 6.58 Å². The Morgan fingerprint density at radius 3 is 2.76 bits per heavy atom. The Balaban J connectivity index is 2.08. The number of ether oxygens (including phenoxy) is 1. The van der Waals surface area contributed by atoms with Crippen molar-refractivity contribution >= 4 is 11.9 Å². The largest absolute Gasteiger partial charge is 0.480 e. The fourth-order valence-electron chi connectivity index (χ4n) is 2.45. The van der Waals surface area contributed by atoms with Crippen LogP contribution in [0, 0.1) is 0 Å². The number of hydrogen-bond donors (Lipinski definition) is 1. The number of hydrogen-bond acceptors (Lipinski definition) is 3. The molecule has 2 unspecified atom stereocenters. The molecule has 0 aromatic heterocycles. The van der Waals surface area contributed by atoms with Gasteiger partial charge in [-0.3, -0.25) is 4.79 Å². The van der Waals surface area contributed by atoms with E-state index in [0.29, 0.717) is 13.2 Å². The Labute approximate surface area is 123 Å². The molecule has 1 N–H and O–H groups in total. The summed E-state index contributed by atoms with van der Waals surface area (Å²) < 4.78 is 5.14. The van der Waals surface area contributed by atoms with E-state index >= 15 is 0 Å². The first-order valence-corrected chi connectivity index (χ1v) is 6.91. The number of morpholine rings is 1. The van der Waals surface area contributed by atoms with Crippen molar-refractivity contribution in [2.24, 2.45) is 0 Å². The summed E-state index contributed by atoms with van der Waals surface area (Å²) in [4.78, 5) is 25.0. The highest BCUT2D eigenvalue weighted by Gasteiger charge is 2.33. The monoisotopic (exact) mass is 289 g/mol. The van der Waals surface area contributed by atoms with Gasteiger partial charge in [0.1, 0.15) is 0 Å². The molecule has 1 heterocycles. The van der Waals surface area contributed by atoms with Crippen molar-refractivity contribution in [3.8, 4) is 0 Å². The van der Waals surface area contributed by atoms with Gasteiger partial charge in [-0.1, -0.05) is 36.4 Å². The Kier molecular flexibility index (Phi) is 5.11. The van der Waals surface area contributed by atoms with E-state index in [1.54, 1.807) is 6.08 Å². The van der Waals surface area contributed by atoms with Gasteiger partial charge in [-0.2, -0.15) is 0 Å². The lowest BCUT2D eigenvalue weighted by Crippen LogP contribution is -2.52. The van der Waals surface area contributed by atoms with Gasteiger partial charge in [0, 0.05) is 18.9 Å². The number of carbonyl (C=O) groups is 2. The second-order valence-electron chi connectivity index (χ2n) is 4.97. The molecule has 1 aromatic rings. The lowest BCUT2D eigenvalue weighted by atomic mass is 9.95. The van der Waals surface area contributed by atoms with Gasteiger partial charge in [-0.25, -0.2) is 4.79 Å². The first-order chi connectivity index (χ1) is 10.1. The first-order valence-electron chi connectivity index (χ1n) is 6.91. The van der Waals surface area contributed by atoms with E-state index in [0.717, 1.165) is 5.56 Å². The predicted molar refractivity (Wildman–Crippen MR) is 78.0 cm³/mol. The highest BCUT2D eigenvalue weighted by molar-refractivity contribution is 5.84. The number of amides is 1. The SMILES string of the molecule is C=CC(CC(=O)N1CCOCC1C(=O)O)c1ccccc1. The van der Waals surface area contributed by atoms with Crippen LogP contribution in [-0.4, -0.2) is 47.7 Å². The van der Waals surface area contributed by atoms with Gasteiger partial charge in [0.05, 0.1) is 13.2 Å². The van der Waals surface area contributed by atoms with Crippen LogP contribution in [0.4, 0.5) is 0 Å². The molecule has 1 aliphatic rings. The lowest BCUT2D eigenvalue weighted by molar-refractivity contribution is -0.158. The molecule has 5 nitrogen and oxygen atoms in total. The zero-order valence-corrected chi connectivity index (χ0v) is 11.8. The summed E-state index contributed by atoms with van der Waals surface area (Å²) >= 11 is 0. The molecule has 5 heteroatoms. The molecule has 1 aromatic carbocycles. The van der Waals surface area contributed by atoms with Crippen molar-refractivity contribution in [1.29, 1.82) is 0 Å². The molecule has 112 valence electrons. The predicted octanol–water partition coefficient (Wildman–Crippen LogP) is 1.66. The van der Waals surface area contributed by atoms with E-state index in [9.17, 15) is 14.7 Å². The summed E-state index contributed by atoms with van der Waals surface area (Å²) in [6.45, 7) is 4.51. The third kappa shape index (κ3) is 3.70. The highest BCUT2D eigenvalue weighted by Crippen LogP contribution is 2.22. The van der Waals surface area contributed by atoms with Gasteiger partial charge < -0.3 is 14.7 Å². The average Bonchev–Trinajstić information content (AvgIpc) is 2.53. The van der Waals surface area contributed by atoms with E-state index in [-0.39, 0.29) is 24.9 Å². The van der Waals surface area contributed by atoms with E-state index < -0.39 is 12.0 Å². The molecule has 1 amide bonds. The molecular weight excluding hydrogens is 270 g/mol. The molecule has 0 spiro atoms. The van der Waals surface area contributed by atoms with Crippen LogP contribution in [0.1, 0.15) is 17.9 Å². The Morgan fingerprint density at radius 1 is 1.43 bits per heavy atom. The molecule has 0 radical (unpaired) electrons. The summed E-state index contributed by atoms with van der Waals surface area (Å²) in [5.74, 6) is -1.33. The molecule has 1 aliphatic heterocycles. The number of nitrogens with zero attached hydrogens (tertiary/aromatic N) is 1. The van der Waals surface area contributed by atoms with Crippen LogP contribution in [0.3, 0.4) is 0 Å². The third-order valence-corrected chi connectivity index (χ3v) is 3.64. The second-order valence-corrected chi connectivity index (χ2v) is 4.97. The molecule has 0 aliphatic carbocycles. The fourth-order valence-corrected chi connectivity index (χ4v) is 2.45. The number of carbonyl (C=O) groups excluding carboxylic acids is 1. The Bertz CT molecular complexity index is 514. The number of carboxylic acid groups (broad SMARTS) is 1. The van der Waals surface area contributed by atoms with Crippen LogP contribution in [0.25, 0.3) is 0 Å². The van der Waals surface area contributed by atoms with E-state index in [1.807, 2.05) is 30.3 Å². The zero-order valence-electron chi connectivity index (χ0n) is 11.8. The maximum Gasteiger partial charge on any atom is 0.328 e. The topological polar surface area (TPSA) is 66.8 Å². The minimum atomic E-state index is -1.03. The normalized spacial score (nSPS) is 19.8. The highest BCUT2D eigenvalue weighted by atomic mass is 16.5. The van der Waals surface area contributed by atoms with E-state index in [1.165, 1.54) is 4.90 Å². The fraction of sp³-hybridized carbons (Fsp3) is 0.375. The summed E-state index contributed by atoms with van der Waals surface area (Å²) in [5, 5.41) is 9.17.